The first kappa shape index (κ1) is 12.1. The van der Waals surface area contributed by atoms with E-state index < -0.39 is 0 Å². The lowest BCUT2D eigenvalue weighted by Crippen LogP contribution is -2.19. The van der Waals surface area contributed by atoms with Crippen LogP contribution in [0.15, 0.2) is 0 Å². The van der Waals surface area contributed by atoms with Gasteiger partial charge < -0.3 is 4.74 Å². The van der Waals surface area contributed by atoms with Gasteiger partial charge >= 0.3 is 5.97 Å². The van der Waals surface area contributed by atoms with Gasteiger partial charge in [0, 0.05) is 5.41 Å². The van der Waals surface area contributed by atoms with Gasteiger partial charge in [0.25, 0.3) is 0 Å². The fourth-order valence-electron chi connectivity index (χ4n) is 1.08. The minimum absolute atomic E-state index is 0.118. The number of hydrogen-bond donors (Lipinski definition) is 0. The molecule has 0 saturated carbocycles. The van der Waals surface area contributed by atoms with Crippen molar-refractivity contribution >= 4 is 17.5 Å². The molecule has 15 heavy (non-hydrogen) atoms. The van der Waals surface area contributed by atoms with Gasteiger partial charge in [0.1, 0.15) is 0 Å². The van der Waals surface area contributed by atoms with E-state index in [4.69, 9.17) is 4.74 Å². The molecule has 1 aromatic rings. The van der Waals surface area contributed by atoms with Gasteiger partial charge in [-0.3, -0.25) is 0 Å². The van der Waals surface area contributed by atoms with Crippen LogP contribution in [-0.2, 0) is 10.2 Å². The second kappa shape index (κ2) is 4.26. The fraction of sp³-hybridized carbons (Fsp3) is 0.700. The van der Waals surface area contributed by atoms with Crippen molar-refractivity contribution < 1.29 is 9.53 Å². The molecular formula is C10H16N2O2S. The Bertz CT molecular complexity index is 353. The molecule has 0 aliphatic rings. The summed E-state index contributed by atoms with van der Waals surface area (Å²) in [6.45, 7) is 9.63. The van der Waals surface area contributed by atoms with Crippen molar-refractivity contribution in [3.05, 3.63) is 10.6 Å². The molecule has 0 amide bonds. The average Bonchev–Trinajstić information content (AvgIpc) is 2.48. The van der Waals surface area contributed by atoms with Crippen LogP contribution >= 0.6 is 11.5 Å². The number of carbonyl (C=O) groups excluding carboxylic acids is 1. The summed E-state index contributed by atoms with van der Waals surface area (Å²) in [5.74, 6) is -0.329. The Labute approximate surface area is 93.8 Å². The molecule has 5 heteroatoms. The highest BCUT2D eigenvalue weighted by Crippen LogP contribution is 2.26. The van der Waals surface area contributed by atoms with E-state index in [1.54, 1.807) is 0 Å². The summed E-state index contributed by atoms with van der Waals surface area (Å²) >= 11 is 1.09. The number of rotatable bonds is 2. The minimum Gasteiger partial charge on any atom is -0.459 e. The minimum atomic E-state index is -0.329. The summed E-state index contributed by atoms with van der Waals surface area (Å²) in [6.07, 6.45) is -0.118. The van der Waals surface area contributed by atoms with Crippen LogP contribution in [0.3, 0.4) is 0 Å². The van der Waals surface area contributed by atoms with Crippen molar-refractivity contribution in [2.45, 2.75) is 46.1 Å². The molecule has 0 spiro atoms. The largest absolute Gasteiger partial charge is 0.459 e. The molecule has 0 unspecified atom stereocenters. The van der Waals surface area contributed by atoms with Crippen LogP contribution < -0.4 is 0 Å². The summed E-state index contributed by atoms with van der Waals surface area (Å²) in [6, 6.07) is 0. The third-order valence-electron chi connectivity index (χ3n) is 1.73. The van der Waals surface area contributed by atoms with Crippen molar-refractivity contribution in [2.24, 2.45) is 0 Å². The fourth-order valence-corrected chi connectivity index (χ4v) is 1.84. The lowest BCUT2D eigenvalue weighted by molar-refractivity contribution is 0.0381. The van der Waals surface area contributed by atoms with Gasteiger partial charge in [0.05, 0.1) is 11.8 Å². The standard InChI is InChI=1S/C10H16N2O2S/c1-6(2)14-9(13)7-8(10(3,4)5)11-12-15-7/h6H,1-5H3. The molecule has 0 N–H and O–H groups in total. The van der Waals surface area contributed by atoms with E-state index in [1.807, 2.05) is 34.6 Å². The van der Waals surface area contributed by atoms with E-state index in [2.05, 4.69) is 9.59 Å². The number of ether oxygens (including phenoxy) is 1. The highest BCUT2D eigenvalue weighted by Gasteiger charge is 2.27. The Balaban J connectivity index is 2.96. The Kier molecular flexibility index (Phi) is 3.44. The summed E-state index contributed by atoms with van der Waals surface area (Å²) in [5, 5.41) is 3.98. The van der Waals surface area contributed by atoms with Crippen molar-refractivity contribution in [1.29, 1.82) is 0 Å². The Morgan fingerprint density at radius 1 is 1.40 bits per heavy atom. The zero-order valence-electron chi connectivity index (χ0n) is 9.70. The quantitative estimate of drug-likeness (QED) is 0.729. The summed E-state index contributed by atoms with van der Waals surface area (Å²) in [5.41, 5.74) is 0.524. The summed E-state index contributed by atoms with van der Waals surface area (Å²) < 4.78 is 8.93. The van der Waals surface area contributed by atoms with Crippen LogP contribution in [0.25, 0.3) is 0 Å². The van der Waals surface area contributed by atoms with Crippen LogP contribution in [0.5, 0.6) is 0 Å². The average molecular weight is 228 g/mol. The van der Waals surface area contributed by atoms with Crippen LogP contribution in [0, 0.1) is 0 Å². The number of nitrogens with zero attached hydrogens (tertiary/aromatic N) is 2. The molecule has 1 aromatic heterocycles. The number of hydrogen-bond acceptors (Lipinski definition) is 5. The molecule has 0 saturated heterocycles. The highest BCUT2D eigenvalue weighted by molar-refractivity contribution is 7.07. The van der Waals surface area contributed by atoms with Crippen LogP contribution in [0.4, 0.5) is 0 Å². The maximum absolute atomic E-state index is 11.7. The van der Waals surface area contributed by atoms with Gasteiger partial charge in [0.15, 0.2) is 4.88 Å². The van der Waals surface area contributed by atoms with Crippen molar-refractivity contribution in [2.75, 3.05) is 0 Å². The molecule has 4 nitrogen and oxygen atoms in total. The monoisotopic (exact) mass is 228 g/mol. The molecule has 84 valence electrons. The lowest BCUT2D eigenvalue weighted by atomic mass is 9.91. The molecule has 0 fully saturated rings. The van der Waals surface area contributed by atoms with Gasteiger partial charge in [-0.05, 0) is 25.4 Å². The number of carbonyl (C=O) groups is 1. The van der Waals surface area contributed by atoms with Gasteiger partial charge in [-0.25, -0.2) is 4.79 Å². The maximum Gasteiger partial charge on any atom is 0.352 e. The zero-order valence-corrected chi connectivity index (χ0v) is 10.5. The van der Waals surface area contributed by atoms with Crippen LogP contribution in [0.1, 0.15) is 50.0 Å². The molecule has 0 radical (unpaired) electrons. The Morgan fingerprint density at radius 2 is 2.00 bits per heavy atom. The second-order valence-corrected chi connectivity index (χ2v) is 5.41. The summed E-state index contributed by atoms with van der Waals surface area (Å²) in [4.78, 5) is 12.2. The van der Waals surface area contributed by atoms with Crippen molar-refractivity contribution in [3.8, 4) is 0 Å². The van der Waals surface area contributed by atoms with Gasteiger partial charge in [-0.2, -0.15) is 0 Å². The molecule has 0 bridgehead atoms. The summed E-state index contributed by atoms with van der Waals surface area (Å²) in [7, 11) is 0. The normalized spacial score (nSPS) is 11.9. The first-order chi connectivity index (χ1) is 6.82. The molecular weight excluding hydrogens is 212 g/mol. The van der Waals surface area contributed by atoms with E-state index in [1.165, 1.54) is 0 Å². The van der Waals surface area contributed by atoms with Crippen molar-refractivity contribution in [1.82, 2.24) is 9.59 Å². The lowest BCUT2D eigenvalue weighted by Gasteiger charge is -2.16. The molecule has 0 atom stereocenters. The highest BCUT2D eigenvalue weighted by atomic mass is 32.1. The number of esters is 1. The molecule has 1 rings (SSSR count). The van der Waals surface area contributed by atoms with E-state index in [-0.39, 0.29) is 17.5 Å². The third-order valence-corrected chi connectivity index (χ3v) is 2.43. The van der Waals surface area contributed by atoms with Crippen LogP contribution in [-0.4, -0.2) is 21.7 Å². The second-order valence-electron chi connectivity index (χ2n) is 4.65. The predicted octanol–water partition coefficient (Wildman–Crippen LogP) is 2.40. The molecule has 0 aliphatic heterocycles. The first-order valence-corrected chi connectivity index (χ1v) is 5.63. The first-order valence-electron chi connectivity index (χ1n) is 4.86. The maximum atomic E-state index is 11.7. The number of aromatic nitrogens is 2. The SMILES string of the molecule is CC(C)OC(=O)c1snnc1C(C)(C)C. The van der Waals surface area contributed by atoms with Gasteiger partial charge in [-0.1, -0.05) is 25.3 Å². The smallest absolute Gasteiger partial charge is 0.352 e. The molecule has 0 aromatic carbocycles. The predicted molar refractivity (Wildman–Crippen MR) is 59.2 cm³/mol. The van der Waals surface area contributed by atoms with E-state index >= 15 is 0 Å². The zero-order chi connectivity index (χ0) is 11.6. The topological polar surface area (TPSA) is 52.1 Å². The molecule has 0 aliphatic carbocycles. The van der Waals surface area contributed by atoms with Crippen molar-refractivity contribution in [3.63, 3.8) is 0 Å². The van der Waals surface area contributed by atoms with E-state index in [0.717, 1.165) is 11.5 Å². The van der Waals surface area contributed by atoms with E-state index in [0.29, 0.717) is 10.6 Å². The van der Waals surface area contributed by atoms with Gasteiger partial charge in [-0.15, -0.1) is 5.10 Å². The van der Waals surface area contributed by atoms with Crippen LogP contribution in [0.2, 0.25) is 0 Å². The Hall–Kier alpha value is -0.970. The van der Waals surface area contributed by atoms with E-state index in [9.17, 15) is 4.79 Å². The van der Waals surface area contributed by atoms with Gasteiger partial charge in [0.2, 0.25) is 0 Å². The third kappa shape index (κ3) is 2.99. The Morgan fingerprint density at radius 3 is 2.47 bits per heavy atom. The molecule has 1 heterocycles.